The summed E-state index contributed by atoms with van der Waals surface area (Å²) in [6.45, 7) is 7.87. The molecule has 0 radical (unpaired) electrons. The van der Waals surface area contributed by atoms with Gasteiger partial charge in [-0.25, -0.2) is 4.79 Å². The predicted molar refractivity (Wildman–Crippen MR) is 67.2 cm³/mol. The number of hydrogen-bond acceptors (Lipinski definition) is 2. The van der Waals surface area contributed by atoms with Crippen molar-refractivity contribution in [3.63, 3.8) is 0 Å². The van der Waals surface area contributed by atoms with Crippen LogP contribution in [0.25, 0.3) is 0 Å². The van der Waals surface area contributed by atoms with Crippen molar-refractivity contribution in [2.75, 3.05) is 6.61 Å². The minimum atomic E-state index is -0.378. The number of quaternary nitrogens is 1. The van der Waals surface area contributed by atoms with Gasteiger partial charge in [-0.1, -0.05) is 30.8 Å². The molecule has 0 aliphatic heterocycles. The van der Waals surface area contributed by atoms with Crippen molar-refractivity contribution in [2.45, 2.75) is 25.8 Å². The standard InChI is InChI=1S/C14H19NO2.BrH/c1-4-13(16)17-10-9-11-7-5-6-8-12(11)14(2,3)15;/h4-8H,1,9-10,15H2,2-3H3;1H. The molecule has 3 nitrogen and oxygen atoms in total. The Morgan fingerprint density at radius 3 is 2.61 bits per heavy atom. The molecule has 0 atom stereocenters. The van der Waals surface area contributed by atoms with E-state index in [0.29, 0.717) is 13.0 Å². The van der Waals surface area contributed by atoms with Crippen LogP contribution in [-0.2, 0) is 21.5 Å². The third-order valence-corrected chi connectivity index (χ3v) is 2.53. The zero-order valence-corrected chi connectivity index (χ0v) is 12.5. The van der Waals surface area contributed by atoms with Crippen molar-refractivity contribution < 1.29 is 32.2 Å². The highest BCUT2D eigenvalue weighted by atomic mass is 79.9. The number of rotatable bonds is 5. The highest BCUT2D eigenvalue weighted by Gasteiger charge is 2.21. The molecule has 0 saturated carbocycles. The van der Waals surface area contributed by atoms with E-state index in [2.05, 4.69) is 32.2 Å². The first-order chi connectivity index (χ1) is 7.95. The lowest BCUT2D eigenvalue weighted by atomic mass is 9.90. The van der Waals surface area contributed by atoms with E-state index in [4.69, 9.17) is 4.74 Å². The SMILES string of the molecule is C=CC(=O)OCCc1ccccc1C(C)(C)[NH3+].[Br-]. The van der Waals surface area contributed by atoms with Gasteiger partial charge in [-0.15, -0.1) is 0 Å². The van der Waals surface area contributed by atoms with Gasteiger partial charge in [0.05, 0.1) is 6.61 Å². The van der Waals surface area contributed by atoms with Crippen LogP contribution in [0.5, 0.6) is 0 Å². The van der Waals surface area contributed by atoms with Gasteiger partial charge in [-0.05, 0) is 19.4 Å². The lowest BCUT2D eigenvalue weighted by Gasteiger charge is -2.19. The highest BCUT2D eigenvalue weighted by Crippen LogP contribution is 2.20. The Labute approximate surface area is 119 Å². The van der Waals surface area contributed by atoms with Crippen LogP contribution in [0.1, 0.15) is 25.0 Å². The number of carbonyl (C=O) groups is 1. The Morgan fingerprint density at radius 1 is 1.44 bits per heavy atom. The zero-order chi connectivity index (χ0) is 12.9. The molecule has 1 aromatic rings. The maximum Gasteiger partial charge on any atom is 0.330 e. The molecular weight excluding hydrogens is 294 g/mol. The molecule has 0 bridgehead atoms. The average Bonchev–Trinajstić information content (AvgIpc) is 2.28. The smallest absolute Gasteiger partial charge is 0.330 e. The maximum absolute atomic E-state index is 10.9. The molecule has 18 heavy (non-hydrogen) atoms. The molecular formula is C14H20BrNO2. The second-order valence-corrected chi connectivity index (χ2v) is 4.66. The fourth-order valence-electron chi connectivity index (χ4n) is 1.72. The van der Waals surface area contributed by atoms with Crippen LogP contribution in [0.4, 0.5) is 0 Å². The molecule has 0 unspecified atom stereocenters. The summed E-state index contributed by atoms with van der Waals surface area (Å²) in [6.07, 6.45) is 1.88. The van der Waals surface area contributed by atoms with Gasteiger partial charge >= 0.3 is 5.97 Å². The lowest BCUT2D eigenvalue weighted by molar-refractivity contribution is -0.475. The van der Waals surface area contributed by atoms with Gasteiger partial charge in [0, 0.05) is 18.1 Å². The van der Waals surface area contributed by atoms with E-state index < -0.39 is 0 Å². The Bertz CT molecular complexity index is 411. The fraction of sp³-hybridized carbons (Fsp3) is 0.357. The van der Waals surface area contributed by atoms with Crippen molar-refractivity contribution in [1.82, 2.24) is 0 Å². The predicted octanol–water partition coefficient (Wildman–Crippen LogP) is -1.56. The van der Waals surface area contributed by atoms with Crippen LogP contribution >= 0.6 is 0 Å². The van der Waals surface area contributed by atoms with E-state index in [0.717, 1.165) is 0 Å². The molecule has 0 fully saturated rings. The van der Waals surface area contributed by atoms with E-state index >= 15 is 0 Å². The maximum atomic E-state index is 10.9. The summed E-state index contributed by atoms with van der Waals surface area (Å²) in [4.78, 5) is 10.9. The fourth-order valence-corrected chi connectivity index (χ4v) is 1.72. The number of ether oxygens (including phenoxy) is 1. The van der Waals surface area contributed by atoms with Crippen LogP contribution in [0.3, 0.4) is 0 Å². The van der Waals surface area contributed by atoms with Crippen molar-refractivity contribution in [2.24, 2.45) is 0 Å². The molecule has 100 valence electrons. The quantitative estimate of drug-likeness (QED) is 0.528. The molecule has 0 heterocycles. The number of esters is 1. The van der Waals surface area contributed by atoms with E-state index in [9.17, 15) is 4.79 Å². The van der Waals surface area contributed by atoms with Gasteiger partial charge in [0.25, 0.3) is 0 Å². The molecule has 0 aliphatic carbocycles. The average molecular weight is 314 g/mol. The zero-order valence-electron chi connectivity index (χ0n) is 10.9. The van der Waals surface area contributed by atoms with E-state index in [1.165, 1.54) is 17.2 Å². The normalized spacial score (nSPS) is 10.4. The second-order valence-electron chi connectivity index (χ2n) is 4.66. The van der Waals surface area contributed by atoms with Crippen molar-refractivity contribution in [3.05, 3.63) is 48.0 Å². The largest absolute Gasteiger partial charge is 1.00 e. The summed E-state index contributed by atoms with van der Waals surface area (Å²) >= 11 is 0. The Hall–Kier alpha value is -1.13. The molecule has 0 spiro atoms. The highest BCUT2D eigenvalue weighted by molar-refractivity contribution is 5.81. The monoisotopic (exact) mass is 313 g/mol. The molecule has 0 aromatic heterocycles. The summed E-state index contributed by atoms with van der Waals surface area (Å²) in [5.74, 6) is -0.378. The first kappa shape index (κ1) is 16.9. The van der Waals surface area contributed by atoms with Crippen molar-refractivity contribution >= 4 is 5.97 Å². The molecule has 0 saturated heterocycles. The topological polar surface area (TPSA) is 53.9 Å². The lowest BCUT2D eigenvalue weighted by Crippen LogP contribution is -3.00. The minimum Gasteiger partial charge on any atom is -1.00 e. The number of carbonyl (C=O) groups excluding carboxylic acids is 1. The summed E-state index contributed by atoms with van der Waals surface area (Å²) < 4.78 is 4.99. The van der Waals surface area contributed by atoms with Crippen LogP contribution in [-0.4, -0.2) is 12.6 Å². The van der Waals surface area contributed by atoms with E-state index in [1.807, 2.05) is 18.2 Å². The van der Waals surface area contributed by atoms with Crippen LogP contribution in [0.2, 0.25) is 0 Å². The first-order valence-corrected chi connectivity index (χ1v) is 5.68. The number of hydrogen-bond donors (Lipinski definition) is 1. The van der Waals surface area contributed by atoms with E-state index in [-0.39, 0.29) is 28.5 Å². The molecule has 0 aliphatic rings. The third-order valence-electron chi connectivity index (χ3n) is 2.53. The van der Waals surface area contributed by atoms with Crippen LogP contribution in [0, 0.1) is 0 Å². The molecule has 3 N–H and O–H groups in total. The molecule has 1 rings (SSSR count). The second kappa shape index (κ2) is 7.34. The first-order valence-electron chi connectivity index (χ1n) is 5.68. The number of benzene rings is 1. The molecule has 0 amide bonds. The number of halogens is 1. The third kappa shape index (κ3) is 5.02. The van der Waals surface area contributed by atoms with E-state index in [1.54, 1.807) is 0 Å². The molecule has 4 heteroatoms. The summed E-state index contributed by atoms with van der Waals surface area (Å²) in [5, 5.41) is 0. The summed E-state index contributed by atoms with van der Waals surface area (Å²) in [6, 6.07) is 8.10. The molecule has 1 aromatic carbocycles. The Balaban J connectivity index is 0.00000289. The Morgan fingerprint density at radius 2 is 2.06 bits per heavy atom. The van der Waals surface area contributed by atoms with Gasteiger partial charge in [-0.2, -0.15) is 0 Å². The van der Waals surface area contributed by atoms with Crippen molar-refractivity contribution in [1.29, 1.82) is 0 Å². The summed E-state index contributed by atoms with van der Waals surface area (Å²) in [5.41, 5.74) is 6.36. The minimum absolute atomic E-state index is 0. The van der Waals surface area contributed by atoms with Gasteiger partial charge in [0.15, 0.2) is 0 Å². The van der Waals surface area contributed by atoms with Crippen LogP contribution in [0.15, 0.2) is 36.9 Å². The summed E-state index contributed by atoms with van der Waals surface area (Å²) in [7, 11) is 0. The van der Waals surface area contributed by atoms with Gasteiger partial charge in [0.1, 0.15) is 5.54 Å². The van der Waals surface area contributed by atoms with Gasteiger partial charge < -0.3 is 27.5 Å². The van der Waals surface area contributed by atoms with Gasteiger partial charge in [0.2, 0.25) is 0 Å². The Kier molecular flexibility index (Phi) is 6.88. The van der Waals surface area contributed by atoms with Gasteiger partial charge in [-0.3, -0.25) is 0 Å². The van der Waals surface area contributed by atoms with Crippen LogP contribution < -0.4 is 22.7 Å². The van der Waals surface area contributed by atoms with Crippen molar-refractivity contribution in [3.8, 4) is 0 Å².